The Balaban J connectivity index is 0.00000320. The topological polar surface area (TPSA) is 98.4 Å². The Morgan fingerprint density at radius 1 is 1.20 bits per heavy atom. The molecule has 1 aromatic heterocycles. The van der Waals surface area contributed by atoms with Gasteiger partial charge in [0.25, 0.3) is 5.91 Å². The number of carbonyl (C=O) groups excluding carboxylic acids is 1. The number of aromatic nitrogens is 1. The first-order chi connectivity index (χ1) is 13.9. The van der Waals surface area contributed by atoms with Gasteiger partial charge in [0.05, 0.1) is 10.5 Å². The molecule has 2 aromatic carbocycles. The van der Waals surface area contributed by atoms with Gasteiger partial charge in [-0.15, -0.1) is 12.4 Å². The van der Waals surface area contributed by atoms with Gasteiger partial charge in [-0.2, -0.15) is 0 Å². The lowest BCUT2D eigenvalue weighted by Crippen LogP contribution is -2.38. The van der Waals surface area contributed by atoms with Gasteiger partial charge in [0.1, 0.15) is 18.1 Å². The molecule has 1 amide bonds. The third kappa shape index (κ3) is 5.44. The van der Waals surface area contributed by atoms with Gasteiger partial charge in [0, 0.05) is 25.5 Å². The predicted molar refractivity (Wildman–Crippen MR) is 123 cm³/mol. The molecule has 0 aliphatic heterocycles. The molecular weight excluding hydrogens is 425 g/mol. The number of guanidine groups is 1. The van der Waals surface area contributed by atoms with E-state index in [-0.39, 0.29) is 24.1 Å². The molecular formula is C21H25Cl2N5O2. The van der Waals surface area contributed by atoms with Gasteiger partial charge < -0.3 is 15.5 Å². The molecule has 4 N–H and O–H groups in total. The average molecular weight is 450 g/mol. The second-order valence-electron chi connectivity index (χ2n) is 6.84. The molecule has 0 unspecified atom stereocenters. The number of aromatic amines is 1. The lowest BCUT2D eigenvalue weighted by molar-refractivity contribution is 0.0864. The Bertz CT molecular complexity index is 1020. The number of nitrogens with zero attached hydrogens (tertiary/aromatic N) is 2. The Hall–Kier alpha value is -2.74. The molecule has 0 fully saturated rings. The quantitative estimate of drug-likeness (QED) is 0.378. The van der Waals surface area contributed by atoms with E-state index in [2.05, 4.69) is 22.0 Å². The molecule has 3 rings (SSSR count). The summed E-state index contributed by atoms with van der Waals surface area (Å²) in [5.41, 5.74) is 7.57. The molecule has 0 spiro atoms. The zero-order valence-corrected chi connectivity index (χ0v) is 18.4. The fourth-order valence-electron chi connectivity index (χ4n) is 2.97. The number of fused-ring (bicyclic) bond motifs is 1. The van der Waals surface area contributed by atoms with Crippen LogP contribution in [0.3, 0.4) is 0 Å². The lowest BCUT2D eigenvalue weighted by atomic mass is 10.2. The number of nitrogens with one attached hydrogen (secondary N) is 2. The zero-order valence-electron chi connectivity index (χ0n) is 16.8. The number of H-pyrrole nitrogens is 1. The molecule has 0 saturated carbocycles. The summed E-state index contributed by atoms with van der Waals surface area (Å²) in [6, 6.07) is 15.4. The molecule has 0 atom stereocenters. The molecule has 3 aromatic rings. The van der Waals surface area contributed by atoms with Gasteiger partial charge in [-0.1, -0.05) is 41.9 Å². The number of hydrogen-bond acceptors (Lipinski definition) is 4. The smallest absolute Gasteiger partial charge is 0.276 e. The van der Waals surface area contributed by atoms with Crippen molar-refractivity contribution in [1.29, 1.82) is 5.41 Å². The van der Waals surface area contributed by atoms with Crippen molar-refractivity contribution >= 4 is 46.8 Å². The minimum absolute atomic E-state index is 0. The summed E-state index contributed by atoms with van der Waals surface area (Å²) in [6.45, 7) is 2.05. The normalized spacial score (nSPS) is 10.7. The molecule has 0 aliphatic carbocycles. The van der Waals surface area contributed by atoms with Crippen molar-refractivity contribution in [3.8, 4) is 5.75 Å². The van der Waals surface area contributed by atoms with E-state index in [4.69, 9.17) is 27.5 Å². The summed E-state index contributed by atoms with van der Waals surface area (Å²) < 4.78 is 5.96. The van der Waals surface area contributed by atoms with Crippen LogP contribution in [0.4, 0.5) is 0 Å². The van der Waals surface area contributed by atoms with E-state index < -0.39 is 5.91 Å². The van der Waals surface area contributed by atoms with Gasteiger partial charge in [-0.25, -0.2) is 0 Å². The summed E-state index contributed by atoms with van der Waals surface area (Å²) in [5.74, 6) is -0.141. The van der Waals surface area contributed by atoms with E-state index in [0.29, 0.717) is 28.3 Å². The zero-order chi connectivity index (χ0) is 21.0. The third-order valence-corrected chi connectivity index (χ3v) is 4.95. The maximum absolute atomic E-state index is 12.4. The summed E-state index contributed by atoms with van der Waals surface area (Å²) in [7, 11) is 3.48. The number of halogens is 2. The fraction of sp³-hybridized carbons (Fsp3) is 0.238. The van der Waals surface area contributed by atoms with Gasteiger partial charge in [-0.05, 0) is 30.8 Å². The van der Waals surface area contributed by atoms with Crippen LogP contribution in [0.5, 0.6) is 5.75 Å². The van der Waals surface area contributed by atoms with Crippen LogP contribution in [0.1, 0.15) is 16.1 Å². The van der Waals surface area contributed by atoms with Crippen molar-refractivity contribution in [3.63, 3.8) is 0 Å². The lowest BCUT2D eigenvalue weighted by Gasteiger charge is -2.17. The first-order valence-electron chi connectivity index (χ1n) is 9.15. The second-order valence-corrected chi connectivity index (χ2v) is 7.25. The van der Waals surface area contributed by atoms with Crippen molar-refractivity contribution in [2.45, 2.75) is 6.54 Å². The van der Waals surface area contributed by atoms with Crippen molar-refractivity contribution in [2.75, 3.05) is 27.2 Å². The first kappa shape index (κ1) is 23.5. The second kappa shape index (κ2) is 10.3. The van der Waals surface area contributed by atoms with Crippen molar-refractivity contribution < 1.29 is 9.53 Å². The molecule has 9 heteroatoms. The van der Waals surface area contributed by atoms with Crippen molar-refractivity contribution in [1.82, 2.24) is 14.8 Å². The molecule has 0 bridgehead atoms. The van der Waals surface area contributed by atoms with Crippen molar-refractivity contribution in [2.24, 2.45) is 5.73 Å². The molecule has 160 valence electrons. The molecule has 0 radical (unpaired) electrons. The molecule has 1 heterocycles. The van der Waals surface area contributed by atoms with Gasteiger partial charge in [0.15, 0.2) is 5.96 Å². The highest BCUT2D eigenvalue weighted by molar-refractivity contribution is 6.35. The molecule has 7 nitrogen and oxygen atoms in total. The van der Waals surface area contributed by atoms with Crippen LogP contribution >= 0.6 is 24.0 Å². The third-order valence-electron chi connectivity index (χ3n) is 4.62. The van der Waals surface area contributed by atoms with Crippen LogP contribution in [0, 0.1) is 5.41 Å². The number of likely N-dealkylation sites (N-methyl/N-ethyl adjacent to an activating group) is 1. The molecule has 0 aliphatic rings. The summed E-state index contributed by atoms with van der Waals surface area (Å²) >= 11 is 6.29. The molecule has 0 saturated heterocycles. The number of ether oxygens (including phenoxy) is 1. The minimum Gasteiger partial charge on any atom is -0.490 e. The van der Waals surface area contributed by atoms with E-state index >= 15 is 0 Å². The van der Waals surface area contributed by atoms with E-state index in [1.165, 1.54) is 12.6 Å². The highest BCUT2D eigenvalue weighted by Crippen LogP contribution is 2.32. The highest BCUT2D eigenvalue weighted by atomic mass is 35.5. The van der Waals surface area contributed by atoms with Crippen LogP contribution in [-0.2, 0) is 6.54 Å². The number of amides is 1. The molecule has 30 heavy (non-hydrogen) atoms. The number of carbonyl (C=O) groups is 1. The van der Waals surface area contributed by atoms with Crippen LogP contribution in [0.15, 0.2) is 48.5 Å². The predicted octanol–water partition coefficient (Wildman–Crippen LogP) is 3.72. The van der Waals surface area contributed by atoms with Crippen molar-refractivity contribution in [3.05, 3.63) is 64.8 Å². The van der Waals surface area contributed by atoms with E-state index in [9.17, 15) is 4.79 Å². The largest absolute Gasteiger partial charge is 0.490 e. The monoisotopic (exact) mass is 449 g/mol. The number of rotatable bonds is 7. The highest BCUT2D eigenvalue weighted by Gasteiger charge is 2.19. The number of benzene rings is 2. The first-order valence-corrected chi connectivity index (χ1v) is 9.53. The van der Waals surface area contributed by atoms with E-state index in [1.807, 2.05) is 25.2 Å². The Kier molecular flexibility index (Phi) is 8.11. The fourth-order valence-corrected chi connectivity index (χ4v) is 3.18. The van der Waals surface area contributed by atoms with Gasteiger partial charge in [-0.3, -0.25) is 20.0 Å². The summed E-state index contributed by atoms with van der Waals surface area (Å²) in [4.78, 5) is 18.7. The number of hydrogen-bond donors (Lipinski definition) is 3. The van der Waals surface area contributed by atoms with E-state index in [1.54, 1.807) is 18.2 Å². The van der Waals surface area contributed by atoms with E-state index in [0.717, 1.165) is 18.0 Å². The van der Waals surface area contributed by atoms with Crippen LogP contribution in [0.2, 0.25) is 5.02 Å². The van der Waals surface area contributed by atoms with Crippen LogP contribution in [-0.4, -0.2) is 53.9 Å². The van der Waals surface area contributed by atoms with Gasteiger partial charge in [0.2, 0.25) is 0 Å². The van der Waals surface area contributed by atoms with Crippen LogP contribution in [0.25, 0.3) is 10.9 Å². The average Bonchev–Trinajstić information content (AvgIpc) is 3.16. The number of nitrogens with two attached hydrogens (primary N) is 1. The SMILES string of the molecule is CN(CCOc1ccc(Cl)c2cc(C(=O)N(C)C(=N)N)[nH]c12)Cc1ccccc1.Cl. The maximum Gasteiger partial charge on any atom is 0.276 e. The van der Waals surface area contributed by atoms with Gasteiger partial charge >= 0.3 is 0 Å². The standard InChI is InChI=1S/C21H24ClN5O2.ClH/c1-26(13-14-6-4-3-5-7-14)10-11-29-18-9-8-16(22)15-12-17(25-19(15)18)20(28)27(2)21(23)24;/h3-9,12,25H,10-11,13H2,1-2H3,(H3,23,24);1H. The summed E-state index contributed by atoms with van der Waals surface area (Å²) in [5, 5.41) is 8.62. The Labute approximate surface area is 186 Å². The maximum atomic E-state index is 12.4. The Morgan fingerprint density at radius 2 is 1.90 bits per heavy atom. The summed E-state index contributed by atoms with van der Waals surface area (Å²) in [6.07, 6.45) is 0. The Morgan fingerprint density at radius 3 is 2.57 bits per heavy atom. The van der Waals surface area contributed by atoms with Crippen LogP contribution < -0.4 is 10.5 Å². The minimum atomic E-state index is -0.418.